The number of hydrogen-bond acceptors (Lipinski definition) is 2. The predicted molar refractivity (Wildman–Crippen MR) is 94.0 cm³/mol. The molecule has 0 fully saturated rings. The van der Waals surface area contributed by atoms with Crippen LogP contribution >= 0.6 is 0 Å². The van der Waals surface area contributed by atoms with E-state index >= 15 is 0 Å². The number of aryl methyl sites for hydroxylation is 3. The number of ether oxygens (including phenoxy) is 1. The van der Waals surface area contributed by atoms with Crippen molar-refractivity contribution >= 4 is 11.7 Å². The monoisotopic (exact) mass is 312 g/mol. The Hall–Kier alpha value is -2.49. The van der Waals surface area contributed by atoms with E-state index in [4.69, 9.17) is 4.74 Å². The van der Waals surface area contributed by atoms with E-state index in [0.29, 0.717) is 0 Å². The second-order valence-corrected chi connectivity index (χ2v) is 5.39. The van der Waals surface area contributed by atoms with Gasteiger partial charge in [0, 0.05) is 5.69 Å². The molecule has 2 rings (SSSR count). The van der Waals surface area contributed by atoms with Crippen LogP contribution in [0, 0.1) is 6.92 Å². The maximum atomic E-state index is 12.1. The summed E-state index contributed by atoms with van der Waals surface area (Å²) in [5, 5.41) is 5.67. The summed E-state index contributed by atoms with van der Waals surface area (Å²) in [7, 11) is 0. The van der Waals surface area contributed by atoms with Crippen molar-refractivity contribution in [3.63, 3.8) is 0 Å². The second kappa shape index (κ2) is 8.22. The molecule has 0 aromatic heterocycles. The van der Waals surface area contributed by atoms with Crippen molar-refractivity contribution in [2.24, 2.45) is 0 Å². The van der Waals surface area contributed by atoms with E-state index in [1.807, 2.05) is 49.4 Å². The maximum absolute atomic E-state index is 12.1. The third-order valence-electron chi connectivity index (χ3n) is 3.73. The highest BCUT2D eigenvalue weighted by molar-refractivity contribution is 5.91. The number of carbonyl (C=O) groups excluding carboxylic acids is 1. The summed E-state index contributed by atoms with van der Waals surface area (Å²) in [5.41, 5.74) is 4.36. The molecule has 2 aromatic rings. The molecule has 0 aliphatic carbocycles. The third kappa shape index (κ3) is 4.74. The first-order chi connectivity index (χ1) is 11.1. The summed E-state index contributed by atoms with van der Waals surface area (Å²) in [6.07, 6.45) is 1.76. The molecule has 0 aliphatic heterocycles. The van der Waals surface area contributed by atoms with Crippen LogP contribution in [0.2, 0.25) is 0 Å². The van der Waals surface area contributed by atoms with E-state index in [1.165, 1.54) is 5.56 Å². The lowest BCUT2D eigenvalue weighted by Crippen LogP contribution is -2.32. The minimum Gasteiger partial charge on any atom is -0.473 e. The zero-order chi connectivity index (χ0) is 16.7. The summed E-state index contributed by atoms with van der Waals surface area (Å²) >= 11 is 0. The van der Waals surface area contributed by atoms with Crippen molar-refractivity contribution in [1.29, 1.82) is 0 Å². The fourth-order valence-electron chi connectivity index (χ4n) is 2.38. The van der Waals surface area contributed by atoms with E-state index in [-0.39, 0.29) is 12.8 Å². The van der Waals surface area contributed by atoms with Crippen molar-refractivity contribution in [1.82, 2.24) is 5.32 Å². The Morgan fingerprint density at radius 2 is 1.61 bits per heavy atom. The molecule has 0 aliphatic rings. The largest absolute Gasteiger partial charge is 0.473 e. The average Bonchev–Trinajstić information content (AvgIpc) is 2.57. The number of rotatable bonds is 6. The van der Waals surface area contributed by atoms with Crippen LogP contribution in [0.1, 0.15) is 30.5 Å². The van der Waals surface area contributed by atoms with Gasteiger partial charge in [0.25, 0.3) is 0 Å². The van der Waals surface area contributed by atoms with Crippen LogP contribution in [0.3, 0.4) is 0 Å². The molecule has 0 atom stereocenters. The first-order valence-corrected chi connectivity index (χ1v) is 7.99. The second-order valence-electron chi connectivity index (χ2n) is 5.39. The lowest BCUT2D eigenvalue weighted by atomic mass is 10.0. The quantitative estimate of drug-likeness (QED) is 0.782. The third-order valence-corrected chi connectivity index (χ3v) is 3.73. The number of nitrogens with one attached hydrogen (secondary N) is 2. The van der Waals surface area contributed by atoms with Gasteiger partial charge in [-0.25, -0.2) is 4.79 Å². The molecule has 4 nitrogen and oxygen atoms in total. The van der Waals surface area contributed by atoms with Gasteiger partial charge in [-0.15, -0.1) is 0 Å². The van der Waals surface area contributed by atoms with Gasteiger partial charge in [0.05, 0.1) is 0 Å². The Labute approximate surface area is 137 Å². The van der Waals surface area contributed by atoms with Crippen molar-refractivity contribution < 1.29 is 9.53 Å². The summed E-state index contributed by atoms with van der Waals surface area (Å²) in [6.45, 7) is 6.31. The van der Waals surface area contributed by atoms with Crippen LogP contribution in [0.4, 0.5) is 10.5 Å². The number of para-hydroxylation sites is 1. The Balaban J connectivity index is 1.91. The van der Waals surface area contributed by atoms with Gasteiger partial charge in [0.2, 0.25) is 0 Å². The molecule has 2 aromatic carbocycles. The highest BCUT2D eigenvalue weighted by Gasteiger charge is 2.09. The minimum absolute atomic E-state index is 0.130. The molecule has 2 N–H and O–H groups in total. The lowest BCUT2D eigenvalue weighted by Gasteiger charge is -2.15. The fourth-order valence-corrected chi connectivity index (χ4v) is 2.38. The molecule has 0 saturated carbocycles. The summed E-state index contributed by atoms with van der Waals surface area (Å²) in [6, 6.07) is 13.6. The first kappa shape index (κ1) is 16.9. The zero-order valence-electron chi connectivity index (χ0n) is 14.0. The topological polar surface area (TPSA) is 50.4 Å². The standard InChI is InChI=1S/C19H24N2O2/c1-4-15-7-6-8-16(5-2)18(15)21-19(22)20-13-23-17-11-9-14(3)10-12-17/h6-12H,4-5,13H2,1-3H3,(H2,20,21,22). The molecule has 0 bridgehead atoms. The minimum atomic E-state index is -0.257. The highest BCUT2D eigenvalue weighted by Crippen LogP contribution is 2.22. The van der Waals surface area contributed by atoms with E-state index in [2.05, 4.69) is 24.5 Å². The van der Waals surface area contributed by atoms with Crippen LogP contribution in [0.5, 0.6) is 5.75 Å². The number of amides is 2. The summed E-state index contributed by atoms with van der Waals surface area (Å²) in [5.74, 6) is 0.735. The smallest absolute Gasteiger partial charge is 0.321 e. The van der Waals surface area contributed by atoms with Gasteiger partial charge in [0.1, 0.15) is 5.75 Å². The van der Waals surface area contributed by atoms with Gasteiger partial charge < -0.3 is 15.4 Å². The van der Waals surface area contributed by atoms with Gasteiger partial charge in [-0.1, -0.05) is 49.7 Å². The van der Waals surface area contributed by atoms with Crippen LogP contribution in [-0.4, -0.2) is 12.8 Å². The molecular weight excluding hydrogens is 288 g/mol. The Kier molecular flexibility index (Phi) is 6.03. The number of urea groups is 1. The molecule has 0 unspecified atom stereocenters. The fraction of sp³-hybridized carbons (Fsp3) is 0.316. The molecule has 23 heavy (non-hydrogen) atoms. The molecule has 0 heterocycles. The average molecular weight is 312 g/mol. The molecule has 122 valence electrons. The molecule has 0 saturated heterocycles. The van der Waals surface area contributed by atoms with E-state index in [9.17, 15) is 4.79 Å². The normalized spacial score (nSPS) is 10.2. The summed E-state index contributed by atoms with van der Waals surface area (Å²) < 4.78 is 5.51. The number of hydrogen-bond donors (Lipinski definition) is 2. The zero-order valence-corrected chi connectivity index (χ0v) is 14.0. The molecule has 0 radical (unpaired) electrons. The molecular formula is C19H24N2O2. The Morgan fingerprint density at radius 1 is 1.00 bits per heavy atom. The SMILES string of the molecule is CCc1cccc(CC)c1NC(=O)NCOc1ccc(C)cc1. The van der Waals surface area contributed by atoms with Gasteiger partial charge in [-0.05, 0) is 43.0 Å². The summed E-state index contributed by atoms with van der Waals surface area (Å²) in [4.78, 5) is 12.1. The first-order valence-electron chi connectivity index (χ1n) is 7.99. The Bertz CT molecular complexity index is 629. The molecule has 4 heteroatoms. The van der Waals surface area contributed by atoms with E-state index in [0.717, 1.165) is 35.4 Å². The van der Waals surface area contributed by atoms with Crippen LogP contribution in [0.25, 0.3) is 0 Å². The van der Waals surface area contributed by atoms with Crippen LogP contribution in [-0.2, 0) is 12.8 Å². The van der Waals surface area contributed by atoms with Crippen LogP contribution < -0.4 is 15.4 Å². The molecule has 2 amide bonds. The van der Waals surface area contributed by atoms with E-state index < -0.39 is 0 Å². The van der Waals surface area contributed by atoms with Gasteiger partial charge in [-0.2, -0.15) is 0 Å². The number of benzene rings is 2. The number of anilines is 1. The van der Waals surface area contributed by atoms with Gasteiger partial charge in [0.15, 0.2) is 6.73 Å². The highest BCUT2D eigenvalue weighted by atomic mass is 16.5. The molecule has 0 spiro atoms. The maximum Gasteiger partial charge on any atom is 0.321 e. The van der Waals surface area contributed by atoms with Crippen molar-refractivity contribution in [3.05, 3.63) is 59.2 Å². The van der Waals surface area contributed by atoms with Gasteiger partial charge >= 0.3 is 6.03 Å². The van der Waals surface area contributed by atoms with E-state index in [1.54, 1.807) is 0 Å². The van der Waals surface area contributed by atoms with Crippen molar-refractivity contribution in [2.45, 2.75) is 33.6 Å². The lowest BCUT2D eigenvalue weighted by molar-refractivity contribution is 0.234. The van der Waals surface area contributed by atoms with Crippen molar-refractivity contribution in [3.8, 4) is 5.75 Å². The van der Waals surface area contributed by atoms with Crippen molar-refractivity contribution in [2.75, 3.05) is 12.0 Å². The Morgan fingerprint density at radius 3 is 2.17 bits per heavy atom. The predicted octanol–water partition coefficient (Wildman–Crippen LogP) is 4.28. The van der Waals surface area contributed by atoms with Gasteiger partial charge in [-0.3, -0.25) is 0 Å². The van der Waals surface area contributed by atoms with Crippen LogP contribution in [0.15, 0.2) is 42.5 Å². The number of carbonyl (C=O) groups is 1.